The van der Waals surface area contributed by atoms with Gasteiger partial charge >= 0.3 is 11.7 Å². The Balaban J connectivity index is 2.21. The minimum Gasteiger partial charge on any atom is -0.483 e. The van der Waals surface area contributed by atoms with Crippen LogP contribution in [0.1, 0.15) is 19.3 Å². The van der Waals surface area contributed by atoms with Gasteiger partial charge in [0.1, 0.15) is 11.6 Å². The van der Waals surface area contributed by atoms with Crippen LogP contribution in [-0.4, -0.2) is 34.7 Å². The first-order chi connectivity index (χ1) is 9.89. The van der Waals surface area contributed by atoms with Crippen molar-refractivity contribution in [1.82, 2.24) is 5.32 Å². The van der Waals surface area contributed by atoms with Gasteiger partial charge in [0.05, 0.1) is 9.40 Å². The number of aliphatic carboxylic acids is 1. The molecule has 7 nitrogen and oxygen atoms in total. The lowest BCUT2D eigenvalue weighted by Crippen LogP contribution is -2.48. The maximum Gasteiger partial charge on any atom is 0.324 e. The molecule has 114 valence electrons. The molecule has 1 fully saturated rings. The molecule has 2 rings (SSSR count). The monoisotopic (exact) mass is 358 g/mol. The Labute approximate surface area is 129 Å². The molecule has 0 radical (unpaired) electrons. The number of likely N-dealkylation sites (N-methyl/N-ethyl adjacent to an activating group) is 1. The molecule has 0 amide bonds. The lowest BCUT2D eigenvalue weighted by Gasteiger charge is -2.23. The Morgan fingerprint density at radius 3 is 2.86 bits per heavy atom. The van der Waals surface area contributed by atoms with Gasteiger partial charge in [0, 0.05) is 12.5 Å². The molecule has 2 unspecified atom stereocenters. The predicted octanol–water partition coefficient (Wildman–Crippen LogP) is 2.33. The molecule has 1 saturated carbocycles. The molecule has 0 aromatic heterocycles. The van der Waals surface area contributed by atoms with E-state index < -0.39 is 16.4 Å². The normalized spacial score (nSPS) is 24.8. The van der Waals surface area contributed by atoms with Crippen molar-refractivity contribution < 1.29 is 19.6 Å². The minimum absolute atomic E-state index is 0.137. The van der Waals surface area contributed by atoms with E-state index in [0.717, 1.165) is 0 Å². The molecule has 1 aliphatic carbocycles. The smallest absolute Gasteiger partial charge is 0.324 e. The largest absolute Gasteiger partial charge is 0.483 e. The van der Waals surface area contributed by atoms with Gasteiger partial charge in [-0.1, -0.05) is 6.07 Å². The highest BCUT2D eigenvalue weighted by Crippen LogP contribution is 2.39. The van der Waals surface area contributed by atoms with Crippen LogP contribution in [0, 0.1) is 10.1 Å². The number of hydrogen-bond acceptors (Lipinski definition) is 5. The van der Waals surface area contributed by atoms with Gasteiger partial charge in [-0.15, -0.1) is 0 Å². The SMILES string of the molecule is CNC1(C(=O)O)CCC(Oc2c(Br)cccc2[N+](=O)[O-])C1. The van der Waals surface area contributed by atoms with Gasteiger partial charge in [-0.3, -0.25) is 14.9 Å². The molecule has 1 aromatic carbocycles. The fraction of sp³-hybridized carbons (Fsp3) is 0.462. The topological polar surface area (TPSA) is 102 Å². The summed E-state index contributed by atoms with van der Waals surface area (Å²) in [6.45, 7) is 0. The molecule has 2 N–H and O–H groups in total. The average Bonchev–Trinajstić information content (AvgIpc) is 2.85. The van der Waals surface area contributed by atoms with Crippen LogP contribution < -0.4 is 10.1 Å². The van der Waals surface area contributed by atoms with E-state index in [2.05, 4.69) is 21.2 Å². The van der Waals surface area contributed by atoms with Crippen molar-refractivity contribution in [3.8, 4) is 5.75 Å². The van der Waals surface area contributed by atoms with Crippen LogP contribution in [0.3, 0.4) is 0 Å². The fourth-order valence-electron chi connectivity index (χ4n) is 2.55. The third-order valence-corrected chi connectivity index (χ3v) is 4.41. The predicted molar refractivity (Wildman–Crippen MR) is 78.5 cm³/mol. The highest BCUT2D eigenvalue weighted by Gasteiger charge is 2.45. The molecule has 8 heteroatoms. The van der Waals surface area contributed by atoms with Crippen LogP contribution in [0.2, 0.25) is 0 Å². The van der Waals surface area contributed by atoms with Crippen LogP contribution in [0.15, 0.2) is 22.7 Å². The number of hydrogen-bond donors (Lipinski definition) is 2. The number of carboxylic acids is 1. The van der Waals surface area contributed by atoms with Crippen LogP contribution >= 0.6 is 15.9 Å². The van der Waals surface area contributed by atoms with E-state index in [1.807, 2.05) is 0 Å². The Morgan fingerprint density at radius 1 is 1.62 bits per heavy atom. The van der Waals surface area contributed by atoms with E-state index in [-0.39, 0.29) is 24.0 Å². The Bertz CT molecular complexity index is 580. The molecule has 2 atom stereocenters. The Morgan fingerprint density at radius 2 is 2.33 bits per heavy atom. The van der Waals surface area contributed by atoms with E-state index >= 15 is 0 Å². The number of rotatable bonds is 5. The minimum atomic E-state index is -1.03. The summed E-state index contributed by atoms with van der Waals surface area (Å²) in [5.41, 5.74) is -1.16. The van der Waals surface area contributed by atoms with E-state index in [9.17, 15) is 20.0 Å². The molecule has 0 spiro atoms. The Kier molecular flexibility index (Phi) is 4.48. The lowest BCUT2D eigenvalue weighted by atomic mass is 9.98. The molecular weight excluding hydrogens is 344 g/mol. The van der Waals surface area contributed by atoms with E-state index in [0.29, 0.717) is 17.3 Å². The van der Waals surface area contributed by atoms with Crippen molar-refractivity contribution in [3.05, 3.63) is 32.8 Å². The average molecular weight is 359 g/mol. The third kappa shape index (κ3) is 3.01. The maximum absolute atomic E-state index is 11.4. The van der Waals surface area contributed by atoms with Crippen molar-refractivity contribution >= 4 is 27.6 Å². The zero-order chi connectivity index (χ0) is 15.6. The van der Waals surface area contributed by atoms with Crippen molar-refractivity contribution in [2.75, 3.05) is 7.05 Å². The number of nitrogens with one attached hydrogen (secondary N) is 1. The highest BCUT2D eigenvalue weighted by atomic mass is 79.9. The van der Waals surface area contributed by atoms with Gasteiger partial charge in [0.15, 0.2) is 0 Å². The second kappa shape index (κ2) is 5.98. The number of ether oxygens (including phenoxy) is 1. The summed E-state index contributed by atoms with van der Waals surface area (Å²) in [6, 6.07) is 4.57. The van der Waals surface area contributed by atoms with E-state index in [4.69, 9.17) is 4.74 Å². The standard InChI is InChI=1S/C13H15BrN2O5/c1-15-13(12(17)18)6-5-8(7-13)21-11-9(14)3-2-4-10(11)16(19)20/h2-4,8,15H,5-7H2,1H3,(H,17,18). The van der Waals surface area contributed by atoms with Crippen LogP contribution in [-0.2, 0) is 4.79 Å². The molecule has 0 heterocycles. The van der Waals surface area contributed by atoms with Gasteiger partial charge in [-0.05, 0) is 41.9 Å². The number of benzene rings is 1. The summed E-state index contributed by atoms with van der Waals surface area (Å²) in [5.74, 6) is -0.789. The first-order valence-corrected chi connectivity index (χ1v) is 7.21. The fourth-order valence-corrected chi connectivity index (χ4v) is 3.00. The first-order valence-electron chi connectivity index (χ1n) is 6.41. The van der Waals surface area contributed by atoms with Crippen LogP contribution in [0.4, 0.5) is 5.69 Å². The van der Waals surface area contributed by atoms with Crippen molar-refractivity contribution in [3.63, 3.8) is 0 Å². The molecular formula is C13H15BrN2O5. The lowest BCUT2D eigenvalue weighted by molar-refractivity contribution is -0.386. The number of halogens is 1. The molecule has 0 bridgehead atoms. The molecule has 0 saturated heterocycles. The van der Waals surface area contributed by atoms with Crippen molar-refractivity contribution in [2.45, 2.75) is 30.9 Å². The maximum atomic E-state index is 11.4. The van der Waals surface area contributed by atoms with E-state index in [1.54, 1.807) is 19.2 Å². The van der Waals surface area contributed by atoms with E-state index in [1.165, 1.54) is 6.07 Å². The number of nitrogens with zero attached hydrogens (tertiary/aromatic N) is 1. The summed E-state index contributed by atoms with van der Waals surface area (Å²) >= 11 is 3.24. The first kappa shape index (κ1) is 15.7. The zero-order valence-corrected chi connectivity index (χ0v) is 12.9. The number of nitro benzene ring substituents is 1. The summed E-state index contributed by atoms with van der Waals surface area (Å²) in [4.78, 5) is 21.9. The Hall–Kier alpha value is -1.67. The van der Waals surface area contributed by atoms with Gasteiger partial charge in [0.2, 0.25) is 5.75 Å². The number of carbonyl (C=O) groups is 1. The quantitative estimate of drug-likeness (QED) is 0.618. The van der Waals surface area contributed by atoms with Crippen LogP contribution in [0.25, 0.3) is 0 Å². The summed E-state index contributed by atoms with van der Waals surface area (Å²) in [6.07, 6.45) is 0.816. The highest BCUT2D eigenvalue weighted by molar-refractivity contribution is 9.10. The third-order valence-electron chi connectivity index (χ3n) is 3.78. The number of para-hydroxylation sites is 1. The van der Waals surface area contributed by atoms with Crippen LogP contribution in [0.5, 0.6) is 5.75 Å². The van der Waals surface area contributed by atoms with Gasteiger partial charge in [-0.2, -0.15) is 0 Å². The zero-order valence-electron chi connectivity index (χ0n) is 11.3. The summed E-state index contributed by atoms with van der Waals surface area (Å²) < 4.78 is 6.19. The molecule has 1 aromatic rings. The van der Waals surface area contributed by atoms with Gasteiger partial charge < -0.3 is 15.2 Å². The summed E-state index contributed by atoms with van der Waals surface area (Å²) in [5, 5.41) is 23.2. The molecule has 0 aliphatic heterocycles. The molecule has 1 aliphatic rings. The van der Waals surface area contributed by atoms with Gasteiger partial charge in [-0.25, -0.2) is 0 Å². The molecule has 21 heavy (non-hydrogen) atoms. The van der Waals surface area contributed by atoms with Gasteiger partial charge in [0.25, 0.3) is 0 Å². The number of carboxylic acid groups (broad SMARTS) is 1. The second-order valence-corrected chi connectivity index (χ2v) is 5.82. The van der Waals surface area contributed by atoms with Crippen molar-refractivity contribution in [1.29, 1.82) is 0 Å². The second-order valence-electron chi connectivity index (χ2n) is 4.97. The van der Waals surface area contributed by atoms with Crippen molar-refractivity contribution in [2.24, 2.45) is 0 Å². The summed E-state index contributed by atoms with van der Waals surface area (Å²) in [7, 11) is 1.59. The number of nitro groups is 1.